The first-order valence-electron chi connectivity index (χ1n) is 5.79. The Labute approximate surface area is 121 Å². The van der Waals surface area contributed by atoms with Gasteiger partial charge < -0.3 is 9.84 Å². The minimum absolute atomic E-state index is 0.0266. The van der Waals surface area contributed by atoms with Crippen molar-refractivity contribution in [3.8, 4) is 0 Å². The van der Waals surface area contributed by atoms with Crippen LogP contribution >= 0.6 is 23.2 Å². The standard InChI is InChI=1S/C13H14Cl2O4/c14-13(15,10-6-2-1-3-7-10)19-12(18)9-5-4-8-11(16)17/h1-3,6-7H,4-5,8-9H2,(H,16,17). The Morgan fingerprint density at radius 2 is 1.68 bits per heavy atom. The summed E-state index contributed by atoms with van der Waals surface area (Å²) in [5, 5.41) is 8.46. The zero-order valence-corrected chi connectivity index (χ0v) is 11.7. The minimum Gasteiger partial charge on any atom is -0.481 e. The highest BCUT2D eigenvalue weighted by atomic mass is 35.5. The lowest BCUT2D eigenvalue weighted by atomic mass is 10.2. The van der Waals surface area contributed by atoms with Gasteiger partial charge >= 0.3 is 11.9 Å². The van der Waals surface area contributed by atoms with Crippen molar-refractivity contribution in [2.75, 3.05) is 0 Å². The molecule has 0 spiro atoms. The van der Waals surface area contributed by atoms with Crippen molar-refractivity contribution in [1.29, 1.82) is 0 Å². The largest absolute Gasteiger partial charge is 0.481 e. The van der Waals surface area contributed by atoms with Gasteiger partial charge in [0.1, 0.15) is 0 Å². The van der Waals surface area contributed by atoms with E-state index in [0.717, 1.165) is 0 Å². The Balaban J connectivity index is 2.41. The number of aliphatic carboxylic acids is 1. The first-order valence-corrected chi connectivity index (χ1v) is 6.54. The molecule has 104 valence electrons. The van der Waals surface area contributed by atoms with Crippen molar-refractivity contribution < 1.29 is 19.4 Å². The molecule has 1 rings (SSSR count). The Morgan fingerprint density at radius 3 is 2.26 bits per heavy atom. The van der Waals surface area contributed by atoms with E-state index in [1.807, 2.05) is 0 Å². The van der Waals surface area contributed by atoms with Crippen LogP contribution in [-0.4, -0.2) is 17.0 Å². The van der Waals surface area contributed by atoms with Gasteiger partial charge in [0.05, 0.1) is 0 Å². The number of rotatable bonds is 7. The van der Waals surface area contributed by atoms with E-state index in [2.05, 4.69) is 0 Å². The van der Waals surface area contributed by atoms with E-state index in [9.17, 15) is 9.59 Å². The lowest BCUT2D eigenvalue weighted by Crippen LogP contribution is -2.20. The predicted octanol–water partition coefficient (Wildman–Crippen LogP) is 3.46. The van der Waals surface area contributed by atoms with Crippen molar-refractivity contribution in [1.82, 2.24) is 0 Å². The van der Waals surface area contributed by atoms with Crippen LogP contribution in [0.4, 0.5) is 0 Å². The van der Waals surface area contributed by atoms with Crippen LogP contribution in [0.5, 0.6) is 0 Å². The maximum Gasteiger partial charge on any atom is 0.308 e. The van der Waals surface area contributed by atoms with Crippen LogP contribution in [0.2, 0.25) is 0 Å². The molecule has 0 amide bonds. The van der Waals surface area contributed by atoms with E-state index in [0.29, 0.717) is 18.4 Å². The molecule has 4 nitrogen and oxygen atoms in total. The molecule has 0 aliphatic rings. The predicted molar refractivity (Wildman–Crippen MR) is 72.0 cm³/mol. The summed E-state index contributed by atoms with van der Waals surface area (Å²) in [7, 11) is 0. The number of carbonyl (C=O) groups is 2. The van der Waals surface area contributed by atoms with E-state index in [4.69, 9.17) is 33.0 Å². The van der Waals surface area contributed by atoms with E-state index in [1.54, 1.807) is 30.3 Å². The van der Waals surface area contributed by atoms with E-state index in [-0.39, 0.29) is 12.8 Å². The molecule has 0 heterocycles. The van der Waals surface area contributed by atoms with Crippen LogP contribution in [0.15, 0.2) is 30.3 Å². The van der Waals surface area contributed by atoms with Crippen molar-refractivity contribution >= 4 is 35.1 Å². The summed E-state index contributed by atoms with van der Waals surface area (Å²) < 4.78 is 3.26. The molecule has 0 unspecified atom stereocenters. The third kappa shape index (κ3) is 5.94. The van der Waals surface area contributed by atoms with Crippen molar-refractivity contribution in [3.63, 3.8) is 0 Å². The molecule has 6 heteroatoms. The Kier molecular flexibility index (Phi) is 6.12. The number of carboxylic acids is 1. The number of ether oxygens (including phenoxy) is 1. The Hall–Kier alpha value is -1.26. The van der Waals surface area contributed by atoms with E-state index in [1.165, 1.54) is 0 Å². The molecule has 0 saturated heterocycles. The number of alkyl halides is 2. The van der Waals surface area contributed by atoms with Gasteiger partial charge in [0.15, 0.2) is 0 Å². The molecule has 0 aromatic heterocycles. The summed E-state index contributed by atoms with van der Waals surface area (Å²) in [6, 6.07) is 8.56. The zero-order chi connectivity index (χ0) is 14.3. The van der Waals surface area contributed by atoms with Crippen LogP contribution < -0.4 is 0 Å². The van der Waals surface area contributed by atoms with Crippen LogP contribution in [0.1, 0.15) is 31.2 Å². The summed E-state index contributed by atoms with van der Waals surface area (Å²) in [5.41, 5.74) is 0.470. The number of benzene rings is 1. The molecule has 0 aliphatic carbocycles. The van der Waals surface area contributed by atoms with Crippen LogP contribution in [-0.2, 0) is 18.8 Å². The second kappa shape index (κ2) is 7.36. The molecule has 1 aromatic rings. The molecule has 0 aliphatic heterocycles. The third-order valence-electron chi connectivity index (χ3n) is 2.37. The molecule has 1 N–H and O–H groups in total. The van der Waals surface area contributed by atoms with Gasteiger partial charge in [0.2, 0.25) is 0 Å². The molecular formula is C13H14Cl2O4. The van der Waals surface area contributed by atoms with Crippen LogP contribution in [0.3, 0.4) is 0 Å². The lowest BCUT2D eigenvalue weighted by Gasteiger charge is -2.20. The van der Waals surface area contributed by atoms with E-state index >= 15 is 0 Å². The fourth-order valence-corrected chi connectivity index (χ4v) is 1.85. The molecule has 0 fully saturated rings. The Bertz CT molecular complexity index is 432. The quantitative estimate of drug-likeness (QED) is 0.476. The highest BCUT2D eigenvalue weighted by Crippen LogP contribution is 2.35. The first kappa shape index (κ1) is 15.8. The number of hydrogen-bond acceptors (Lipinski definition) is 3. The molecule has 19 heavy (non-hydrogen) atoms. The van der Waals surface area contributed by atoms with Gasteiger partial charge in [-0.2, -0.15) is 0 Å². The van der Waals surface area contributed by atoms with Crippen LogP contribution in [0, 0.1) is 0 Å². The SMILES string of the molecule is O=C(O)CCCCC(=O)OC(Cl)(Cl)c1ccccc1. The average molecular weight is 305 g/mol. The van der Waals surface area contributed by atoms with E-state index < -0.39 is 16.5 Å². The summed E-state index contributed by atoms with van der Waals surface area (Å²) in [6.07, 6.45) is 0.942. The maximum absolute atomic E-state index is 11.5. The summed E-state index contributed by atoms with van der Waals surface area (Å²) in [6.45, 7) is 0. The molecule has 0 radical (unpaired) electrons. The lowest BCUT2D eigenvalue weighted by molar-refractivity contribution is -0.148. The second-order valence-corrected chi connectivity index (χ2v) is 5.22. The smallest absolute Gasteiger partial charge is 0.308 e. The van der Waals surface area contributed by atoms with Gasteiger partial charge in [-0.15, -0.1) is 0 Å². The zero-order valence-electron chi connectivity index (χ0n) is 10.1. The Morgan fingerprint density at radius 1 is 1.11 bits per heavy atom. The van der Waals surface area contributed by atoms with Gasteiger partial charge in [0, 0.05) is 18.4 Å². The van der Waals surface area contributed by atoms with Gasteiger partial charge in [-0.3, -0.25) is 9.59 Å². The van der Waals surface area contributed by atoms with Gasteiger partial charge in [-0.1, -0.05) is 53.5 Å². The van der Waals surface area contributed by atoms with Crippen LogP contribution in [0.25, 0.3) is 0 Å². The highest BCUT2D eigenvalue weighted by Gasteiger charge is 2.30. The number of esters is 1. The third-order valence-corrected chi connectivity index (χ3v) is 2.96. The first-order chi connectivity index (χ1) is 8.92. The molecular weight excluding hydrogens is 291 g/mol. The summed E-state index contributed by atoms with van der Waals surface area (Å²) >= 11 is 11.9. The molecule has 0 atom stereocenters. The topological polar surface area (TPSA) is 63.6 Å². The minimum atomic E-state index is -1.72. The number of halogens is 2. The van der Waals surface area contributed by atoms with Crippen molar-refractivity contribution in [2.45, 2.75) is 30.2 Å². The fraction of sp³-hybridized carbons (Fsp3) is 0.385. The molecule has 1 aromatic carbocycles. The van der Waals surface area contributed by atoms with Gasteiger partial charge in [-0.05, 0) is 12.8 Å². The number of hydrogen-bond donors (Lipinski definition) is 1. The second-order valence-electron chi connectivity index (χ2n) is 3.96. The van der Waals surface area contributed by atoms with Gasteiger partial charge in [-0.25, -0.2) is 0 Å². The summed E-state index contributed by atoms with van der Waals surface area (Å²) in [4.78, 5) is 21.8. The summed E-state index contributed by atoms with van der Waals surface area (Å²) in [5.74, 6) is -1.44. The number of unbranched alkanes of at least 4 members (excludes halogenated alkanes) is 1. The molecule has 0 saturated carbocycles. The normalized spacial score (nSPS) is 11.1. The van der Waals surface area contributed by atoms with Crippen molar-refractivity contribution in [2.24, 2.45) is 0 Å². The highest BCUT2D eigenvalue weighted by molar-refractivity contribution is 6.47. The molecule has 0 bridgehead atoms. The number of carbonyl (C=O) groups excluding carboxylic acids is 1. The fourth-order valence-electron chi connectivity index (χ4n) is 1.43. The number of carboxylic acid groups (broad SMARTS) is 1. The van der Waals surface area contributed by atoms with Gasteiger partial charge in [0.25, 0.3) is 4.52 Å². The van der Waals surface area contributed by atoms with Crippen molar-refractivity contribution in [3.05, 3.63) is 35.9 Å². The maximum atomic E-state index is 11.5. The average Bonchev–Trinajstić information content (AvgIpc) is 2.35. The monoisotopic (exact) mass is 304 g/mol.